The van der Waals surface area contributed by atoms with E-state index in [4.69, 9.17) is 0 Å². The monoisotopic (exact) mass is 318 g/mol. The zero-order chi connectivity index (χ0) is 14.5. The van der Waals surface area contributed by atoms with E-state index in [1.165, 1.54) is 0 Å². The Bertz CT molecular complexity index is 591. The maximum Gasteiger partial charge on any atom is 0.223 e. The second-order valence-corrected chi connectivity index (χ2v) is 7.25. The van der Waals surface area contributed by atoms with Gasteiger partial charge in [0.2, 0.25) is 5.91 Å². The fraction of sp³-hybridized carbons (Fsp3) is 0.375. The molecule has 5 heteroatoms. The fourth-order valence-electron chi connectivity index (χ4n) is 2.42. The highest BCUT2D eigenvalue weighted by Crippen LogP contribution is 2.28. The lowest BCUT2D eigenvalue weighted by Crippen LogP contribution is -2.27. The van der Waals surface area contributed by atoms with Gasteiger partial charge < -0.3 is 4.90 Å². The van der Waals surface area contributed by atoms with Crippen LogP contribution in [-0.2, 0) is 4.79 Å². The van der Waals surface area contributed by atoms with Crippen molar-refractivity contribution in [3.05, 3.63) is 35.7 Å². The third-order valence-electron chi connectivity index (χ3n) is 3.55. The van der Waals surface area contributed by atoms with Crippen LogP contribution < -0.4 is 0 Å². The van der Waals surface area contributed by atoms with Gasteiger partial charge in [-0.05, 0) is 12.8 Å². The van der Waals surface area contributed by atoms with Gasteiger partial charge in [0.25, 0.3) is 0 Å². The first kappa shape index (κ1) is 14.6. The summed E-state index contributed by atoms with van der Waals surface area (Å²) in [5.41, 5.74) is 2.17. The van der Waals surface area contributed by atoms with Crippen molar-refractivity contribution in [3.8, 4) is 11.3 Å². The molecule has 0 bridgehead atoms. The lowest BCUT2D eigenvalue weighted by atomic mass is 10.2. The van der Waals surface area contributed by atoms with Crippen LogP contribution in [0.4, 0.5) is 0 Å². The number of carbonyl (C=O) groups is 1. The molecular formula is C16H18N2OS2. The topological polar surface area (TPSA) is 33.2 Å². The summed E-state index contributed by atoms with van der Waals surface area (Å²) in [6.45, 7) is 1.89. The van der Waals surface area contributed by atoms with Crippen molar-refractivity contribution < 1.29 is 4.79 Å². The van der Waals surface area contributed by atoms with Crippen LogP contribution >= 0.6 is 23.1 Å². The Morgan fingerprint density at radius 3 is 2.76 bits per heavy atom. The molecule has 0 spiro atoms. The minimum atomic E-state index is 0.292. The number of thioether (sulfide) groups is 1. The van der Waals surface area contributed by atoms with Gasteiger partial charge in [0.1, 0.15) is 0 Å². The summed E-state index contributed by atoms with van der Waals surface area (Å²) >= 11 is 3.34. The van der Waals surface area contributed by atoms with Crippen LogP contribution in [-0.4, -0.2) is 34.6 Å². The van der Waals surface area contributed by atoms with Gasteiger partial charge in [-0.3, -0.25) is 4.79 Å². The molecule has 0 radical (unpaired) electrons. The number of carbonyl (C=O) groups excluding carboxylic acids is 1. The molecule has 0 aliphatic carbocycles. The largest absolute Gasteiger partial charge is 0.343 e. The molecule has 0 N–H and O–H groups in total. The molecule has 1 amide bonds. The van der Waals surface area contributed by atoms with Gasteiger partial charge in [0, 0.05) is 36.2 Å². The lowest BCUT2D eigenvalue weighted by Gasteiger charge is -2.14. The number of rotatable bonds is 5. The smallest absolute Gasteiger partial charge is 0.223 e. The molecule has 2 heterocycles. The van der Waals surface area contributed by atoms with Crippen LogP contribution in [0.1, 0.15) is 19.3 Å². The van der Waals surface area contributed by atoms with Crippen molar-refractivity contribution >= 4 is 29.0 Å². The molecule has 1 fully saturated rings. The number of amides is 1. The average Bonchev–Trinajstić information content (AvgIpc) is 3.20. The maximum atomic E-state index is 12.0. The Labute approximate surface area is 133 Å². The van der Waals surface area contributed by atoms with Gasteiger partial charge in [-0.15, -0.1) is 11.3 Å². The highest BCUT2D eigenvalue weighted by atomic mass is 32.2. The molecule has 1 saturated heterocycles. The van der Waals surface area contributed by atoms with Crippen molar-refractivity contribution in [1.29, 1.82) is 0 Å². The average molecular weight is 318 g/mol. The molecule has 1 aromatic heterocycles. The molecule has 1 aliphatic rings. The molecule has 21 heavy (non-hydrogen) atoms. The molecule has 3 nitrogen and oxygen atoms in total. The molecule has 0 atom stereocenters. The second kappa shape index (κ2) is 7.09. The number of hydrogen-bond acceptors (Lipinski definition) is 4. The SMILES string of the molecule is O=C(CCSc1nc(-c2ccccc2)cs1)N1CCCC1. The Morgan fingerprint density at radius 1 is 1.24 bits per heavy atom. The summed E-state index contributed by atoms with van der Waals surface area (Å²) in [6.07, 6.45) is 2.93. The highest BCUT2D eigenvalue weighted by molar-refractivity contribution is 8.01. The summed E-state index contributed by atoms with van der Waals surface area (Å²) in [4.78, 5) is 18.6. The minimum Gasteiger partial charge on any atom is -0.343 e. The third kappa shape index (κ3) is 3.86. The number of thiazole rings is 1. The van der Waals surface area contributed by atoms with Gasteiger partial charge in [0.15, 0.2) is 4.34 Å². The van der Waals surface area contributed by atoms with E-state index in [1.54, 1.807) is 23.1 Å². The van der Waals surface area contributed by atoms with E-state index in [0.717, 1.165) is 47.3 Å². The molecule has 110 valence electrons. The predicted octanol–water partition coefficient (Wildman–Crippen LogP) is 3.91. The predicted molar refractivity (Wildman–Crippen MR) is 88.7 cm³/mol. The third-order valence-corrected chi connectivity index (χ3v) is 5.58. The van der Waals surface area contributed by atoms with Crippen LogP contribution in [0.3, 0.4) is 0 Å². The Balaban J connectivity index is 1.50. The molecular weight excluding hydrogens is 300 g/mol. The van der Waals surface area contributed by atoms with Gasteiger partial charge in [-0.2, -0.15) is 0 Å². The van der Waals surface area contributed by atoms with Crippen molar-refractivity contribution in [2.24, 2.45) is 0 Å². The Morgan fingerprint density at radius 2 is 2.00 bits per heavy atom. The van der Waals surface area contributed by atoms with E-state index in [-0.39, 0.29) is 0 Å². The normalized spacial score (nSPS) is 14.6. The van der Waals surface area contributed by atoms with Crippen LogP contribution in [0.2, 0.25) is 0 Å². The first-order chi connectivity index (χ1) is 10.3. The van der Waals surface area contributed by atoms with Gasteiger partial charge in [-0.25, -0.2) is 4.98 Å². The standard InChI is InChI=1S/C16H18N2OS2/c19-15(18-9-4-5-10-18)8-11-20-16-17-14(12-21-16)13-6-2-1-3-7-13/h1-3,6-7,12H,4-5,8-11H2. The van der Waals surface area contributed by atoms with Crippen molar-refractivity contribution in [2.45, 2.75) is 23.6 Å². The van der Waals surface area contributed by atoms with Crippen LogP contribution in [0.15, 0.2) is 40.1 Å². The van der Waals surface area contributed by atoms with E-state index in [1.807, 2.05) is 23.1 Å². The molecule has 3 rings (SSSR count). The van der Waals surface area contributed by atoms with Crippen molar-refractivity contribution in [1.82, 2.24) is 9.88 Å². The van der Waals surface area contributed by atoms with Crippen LogP contribution in [0.5, 0.6) is 0 Å². The van der Waals surface area contributed by atoms with Crippen molar-refractivity contribution in [3.63, 3.8) is 0 Å². The lowest BCUT2D eigenvalue weighted by molar-refractivity contribution is -0.129. The molecule has 1 aromatic carbocycles. The summed E-state index contributed by atoms with van der Waals surface area (Å²) in [5.74, 6) is 1.11. The first-order valence-corrected chi connectivity index (χ1v) is 9.11. The molecule has 0 saturated carbocycles. The van der Waals surface area contributed by atoms with Gasteiger partial charge in [0.05, 0.1) is 5.69 Å². The fourth-order valence-corrected chi connectivity index (χ4v) is 4.25. The molecule has 1 aliphatic heterocycles. The van der Waals surface area contributed by atoms with Gasteiger partial charge in [-0.1, -0.05) is 42.1 Å². The number of benzene rings is 1. The summed E-state index contributed by atoms with van der Waals surface area (Å²) in [5, 5.41) is 2.08. The number of likely N-dealkylation sites (tertiary alicyclic amines) is 1. The van der Waals surface area contributed by atoms with Crippen LogP contribution in [0, 0.1) is 0 Å². The first-order valence-electron chi connectivity index (χ1n) is 7.24. The van der Waals surface area contributed by atoms with E-state index in [0.29, 0.717) is 12.3 Å². The Kier molecular flexibility index (Phi) is 4.93. The molecule has 2 aromatic rings. The second-order valence-electron chi connectivity index (χ2n) is 5.05. The van der Waals surface area contributed by atoms with E-state index in [9.17, 15) is 4.79 Å². The molecule has 0 unspecified atom stereocenters. The summed E-state index contributed by atoms with van der Waals surface area (Å²) < 4.78 is 1.04. The number of hydrogen-bond donors (Lipinski definition) is 0. The van der Waals surface area contributed by atoms with Crippen molar-refractivity contribution in [2.75, 3.05) is 18.8 Å². The Hall–Kier alpha value is -1.33. The van der Waals surface area contributed by atoms with E-state index < -0.39 is 0 Å². The number of aromatic nitrogens is 1. The minimum absolute atomic E-state index is 0.292. The summed E-state index contributed by atoms with van der Waals surface area (Å²) in [7, 11) is 0. The van der Waals surface area contributed by atoms with E-state index in [2.05, 4.69) is 22.5 Å². The zero-order valence-corrected chi connectivity index (χ0v) is 13.5. The van der Waals surface area contributed by atoms with E-state index >= 15 is 0 Å². The quantitative estimate of drug-likeness (QED) is 0.784. The van der Waals surface area contributed by atoms with Crippen LogP contribution in [0.25, 0.3) is 11.3 Å². The zero-order valence-electron chi connectivity index (χ0n) is 11.8. The van der Waals surface area contributed by atoms with Gasteiger partial charge >= 0.3 is 0 Å². The number of nitrogens with zero attached hydrogens (tertiary/aromatic N) is 2. The summed E-state index contributed by atoms with van der Waals surface area (Å²) in [6, 6.07) is 10.2. The highest BCUT2D eigenvalue weighted by Gasteiger charge is 2.17. The maximum absolute atomic E-state index is 12.0.